The van der Waals surface area contributed by atoms with Crippen molar-refractivity contribution in [2.45, 2.75) is 26.2 Å². The number of nitrogens with zero attached hydrogens (tertiary/aromatic N) is 3. The molecule has 24 heavy (non-hydrogen) atoms. The van der Waals surface area contributed by atoms with Gasteiger partial charge in [0.25, 0.3) is 0 Å². The molecule has 1 amide bonds. The standard InChI is InChI=1S/C18H21N3O3/c1-18(17(23)24)8-5-9-20(13-18)16(22)10-14-11-19-21(12-14)15-6-3-2-4-7-15/h2-4,6-7,11-12H,5,8-10,13H2,1H3,(H,23,24). The molecule has 6 heteroatoms. The molecule has 6 nitrogen and oxygen atoms in total. The van der Waals surface area contributed by atoms with Gasteiger partial charge >= 0.3 is 5.97 Å². The number of aliphatic carboxylic acids is 1. The monoisotopic (exact) mass is 327 g/mol. The predicted octanol–water partition coefficient (Wildman–Crippen LogP) is 2.13. The molecule has 3 rings (SSSR count). The molecule has 1 saturated heterocycles. The highest BCUT2D eigenvalue weighted by Crippen LogP contribution is 2.30. The summed E-state index contributed by atoms with van der Waals surface area (Å²) in [6, 6.07) is 9.70. The van der Waals surface area contributed by atoms with E-state index in [-0.39, 0.29) is 18.9 Å². The number of hydrogen-bond acceptors (Lipinski definition) is 3. The number of piperidine rings is 1. The second-order valence-corrected chi connectivity index (χ2v) is 6.59. The molecule has 1 fully saturated rings. The molecular formula is C18H21N3O3. The zero-order chi connectivity index (χ0) is 17.2. The average molecular weight is 327 g/mol. The summed E-state index contributed by atoms with van der Waals surface area (Å²) in [6.07, 6.45) is 5.09. The fourth-order valence-electron chi connectivity index (χ4n) is 3.09. The molecule has 1 aliphatic rings. The van der Waals surface area contributed by atoms with E-state index in [4.69, 9.17) is 0 Å². The Bertz CT molecular complexity index is 741. The van der Waals surface area contributed by atoms with Crippen LogP contribution in [0.4, 0.5) is 0 Å². The van der Waals surface area contributed by atoms with E-state index in [1.165, 1.54) is 0 Å². The molecule has 0 aliphatic carbocycles. The maximum absolute atomic E-state index is 12.5. The molecule has 1 aliphatic heterocycles. The molecule has 2 heterocycles. The van der Waals surface area contributed by atoms with E-state index in [0.29, 0.717) is 13.0 Å². The number of carbonyl (C=O) groups excluding carboxylic acids is 1. The first-order valence-electron chi connectivity index (χ1n) is 8.08. The van der Waals surface area contributed by atoms with E-state index >= 15 is 0 Å². The third kappa shape index (κ3) is 3.32. The van der Waals surface area contributed by atoms with Crippen molar-refractivity contribution in [2.75, 3.05) is 13.1 Å². The minimum Gasteiger partial charge on any atom is -0.481 e. The Hall–Kier alpha value is -2.63. The number of carbonyl (C=O) groups is 2. The zero-order valence-corrected chi connectivity index (χ0v) is 13.7. The Morgan fingerprint density at radius 3 is 2.75 bits per heavy atom. The van der Waals surface area contributed by atoms with Gasteiger partial charge in [0.2, 0.25) is 5.91 Å². The first-order valence-corrected chi connectivity index (χ1v) is 8.08. The fraction of sp³-hybridized carbons (Fsp3) is 0.389. The van der Waals surface area contributed by atoms with Crippen molar-refractivity contribution < 1.29 is 14.7 Å². The largest absolute Gasteiger partial charge is 0.481 e. The maximum Gasteiger partial charge on any atom is 0.311 e. The van der Waals surface area contributed by atoms with Gasteiger partial charge in [0, 0.05) is 19.3 Å². The number of para-hydroxylation sites is 1. The number of likely N-dealkylation sites (tertiary alicyclic amines) is 1. The third-order valence-corrected chi connectivity index (χ3v) is 4.58. The summed E-state index contributed by atoms with van der Waals surface area (Å²) < 4.78 is 1.74. The summed E-state index contributed by atoms with van der Waals surface area (Å²) in [5, 5.41) is 13.7. The molecule has 1 aromatic heterocycles. The first-order chi connectivity index (χ1) is 11.5. The van der Waals surface area contributed by atoms with Gasteiger partial charge in [-0.3, -0.25) is 9.59 Å². The lowest BCUT2D eigenvalue weighted by atomic mass is 9.82. The van der Waals surface area contributed by atoms with Gasteiger partial charge in [0.15, 0.2) is 0 Å². The third-order valence-electron chi connectivity index (χ3n) is 4.58. The maximum atomic E-state index is 12.5. The Morgan fingerprint density at radius 1 is 1.29 bits per heavy atom. The number of carboxylic acids is 1. The number of carboxylic acid groups (broad SMARTS) is 1. The lowest BCUT2D eigenvalue weighted by molar-refractivity contribution is -0.153. The van der Waals surface area contributed by atoms with E-state index in [9.17, 15) is 14.7 Å². The SMILES string of the molecule is CC1(C(=O)O)CCCN(C(=O)Cc2cnn(-c3ccccc3)c2)C1. The van der Waals surface area contributed by atoms with Crippen LogP contribution in [0.3, 0.4) is 0 Å². The second kappa shape index (κ2) is 6.47. The van der Waals surface area contributed by atoms with Crippen molar-refractivity contribution in [2.24, 2.45) is 5.41 Å². The van der Waals surface area contributed by atoms with Crippen LogP contribution in [-0.2, 0) is 16.0 Å². The summed E-state index contributed by atoms with van der Waals surface area (Å²) in [4.78, 5) is 25.6. The van der Waals surface area contributed by atoms with Gasteiger partial charge in [-0.2, -0.15) is 5.10 Å². The number of hydrogen-bond donors (Lipinski definition) is 1. The van der Waals surface area contributed by atoms with Gasteiger partial charge in [-0.15, -0.1) is 0 Å². The van der Waals surface area contributed by atoms with Crippen molar-refractivity contribution in [1.29, 1.82) is 0 Å². The fourth-order valence-corrected chi connectivity index (χ4v) is 3.09. The van der Waals surface area contributed by atoms with E-state index < -0.39 is 11.4 Å². The Morgan fingerprint density at radius 2 is 2.04 bits per heavy atom. The molecule has 1 unspecified atom stereocenters. The number of amides is 1. The lowest BCUT2D eigenvalue weighted by Gasteiger charge is -2.37. The smallest absolute Gasteiger partial charge is 0.311 e. The van der Waals surface area contributed by atoms with Gasteiger partial charge in [-0.25, -0.2) is 4.68 Å². The molecule has 0 radical (unpaired) electrons. The van der Waals surface area contributed by atoms with Crippen molar-refractivity contribution in [3.63, 3.8) is 0 Å². The predicted molar refractivity (Wildman–Crippen MR) is 88.8 cm³/mol. The van der Waals surface area contributed by atoms with Gasteiger partial charge < -0.3 is 10.0 Å². The van der Waals surface area contributed by atoms with Crippen LogP contribution in [0, 0.1) is 5.41 Å². The number of aromatic nitrogens is 2. The van der Waals surface area contributed by atoms with Crippen LogP contribution in [0.2, 0.25) is 0 Å². The summed E-state index contributed by atoms with van der Waals surface area (Å²) in [5.41, 5.74) is 0.918. The van der Waals surface area contributed by atoms with Crippen LogP contribution < -0.4 is 0 Å². The number of rotatable bonds is 4. The quantitative estimate of drug-likeness (QED) is 0.933. The van der Waals surface area contributed by atoms with Crippen LogP contribution in [0.15, 0.2) is 42.7 Å². The highest BCUT2D eigenvalue weighted by molar-refractivity contribution is 5.81. The van der Waals surface area contributed by atoms with Gasteiger partial charge in [0.1, 0.15) is 0 Å². The van der Waals surface area contributed by atoms with E-state index in [1.807, 2.05) is 36.5 Å². The van der Waals surface area contributed by atoms with E-state index in [0.717, 1.165) is 17.7 Å². The summed E-state index contributed by atoms with van der Waals surface area (Å²) >= 11 is 0. The van der Waals surface area contributed by atoms with E-state index in [2.05, 4.69) is 5.10 Å². The molecule has 0 spiro atoms. The first kappa shape index (κ1) is 16.2. The average Bonchev–Trinajstić information content (AvgIpc) is 3.04. The van der Waals surface area contributed by atoms with Crippen LogP contribution in [0.1, 0.15) is 25.3 Å². The van der Waals surface area contributed by atoms with Crippen LogP contribution >= 0.6 is 0 Å². The van der Waals surface area contributed by atoms with Gasteiger partial charge in [-0.05, 0) is 37.5 Å². The Labute approximate surface area is 140 Å². The van der Waals surface area contributed by atoms with Crippen LogP contribution in [0.5, 0.6) is 0 Å². The molecule has 0 bridgehead atoms. The molecule has 0 saturated carbocycles. The molecule has 1 N–H and O–H groups in total. The van der Waals surface area contributed by atoms with Crippen LogP contribution in [-0.4, -0.2) is 44.8 Å². The van der Waals surface area contributed by atoms with Gasteiger partial charge in [-0.1, -0.05) is 18.2 Å². The highest BCUT2D eigenvalue weighted by atomic mass is 16.4. The molecule has 1 atom stereocenters. The van der Waals surface area contributed by atoms with Gasteiger partial charge in [0.05, 0.1) is 23.7 Å². The summed E-state index contributed by atoms with van der Waals surface area (Å²) in [6.45, 7) is 2.60. The van der Waals surface area contributed by atoms with Crippen LogP contribution in [0.25, 0.3) is 5.69 Å². The molecule has 1 aromatic carbocycles. The van der Waals surface area contributed by atoms with Crippen molar-refractivity contribution in [1.82, 2.24) is 14.7 Å². The molecular weight excluding hydrogens is 306 g/mol. The highest BCUT2D eigenvalue weighted by Gasteiger charge is 2.39. The van der Waals surface area contributed by atoms with Crippen molar-refractivity contribution in [3.8, 4) is 5.69 Å². The lowest BCUT2D eigenvalue weighted by Crippen LogP contribution is -2.48. The van der Waals surface area contributed by atoms with Crippen molar-refractivity contribution >= 4 is 11.9 Å². The normalized spacial score (nSPS) is 20.8. The van der Waals surface area contributed by atoms with E-state index in [1.54, 1.807) is 22.7 Å². The Kier molecular flexibility index (Phi) is 4.38. The Balaban J connectivity index is 1.67. The molecule has 126 valence electrons. The topological polar surface area (TPSA) is 75.4 Å². The molecule has 2 aromatic rings. The second-order valence-electron chi connectivity index (χ2n) is 6.59. The van der Waals surface area contributed by atoms with Crippen molar-refractivity contribution in [3.05, 3.63) is 48.3 Å². The number of benzene rings is 1. The zero-order valence-electron chi connectivity index (χ0n) is 13.7. The summed E-state index contributed by atoms with van der Waals surface area (Å²) in [5.74, 6) is -0.883. The summed E-state index contributed by atoms with van der Waals surface area (Å²) in [7, 11) is 0. The minimum absolute atomic E-state index is 0.0465. The minimum atomic E-state index is -0.845.